The Morgan fingerprint density at radius 3 is 2.50 bits per heavy atom. The maximum Gasteiger partial charge on any atom is 1.00 e. The molecule has 0 bridgehead atoms. The number of aromatic nitrogens is 1. The van der Waals surface area contributed by atoms with E-state index >= 15 is 0 Å². The van der Waals surface area contributed by atoms with Crippen molar-refractivity contribution in [2.45, 2.75) is 6.54 Å². The van der Waals surface area contributed by atoms with Crippen LogP contribution in [0.15, 0.2) is 54.9 Å². The number of carbonyl (C=O) groups is 2. The van der Waals surface area contributed by atoms with Crippen LogP contribution >= 0.6 is 0 Å². The number of amides is 1. The average molecular weight is 304 g/mol. The third-order valence-corrected chi connectivity index (χ3v) is 2.77. The van der Waals surface area contributed by atoms with Crippen LogP contribution in [0.5, 0.6) is 0 Å². The van der Waals surface area contributed by atoms with Gasteiger partial charge in [0.25, 0.3) is 0 Å². The standard InChI is InChI=1S/C16H14N2O3.Na/c19-15(8-5-12-2-1-9-17-10-12)18-11-13-3-6-14(7-4-13)16(20)21;/h1-10H,11H2,(H,18,19)(H,20,21);/q;+1/p-1/b8-5+;. The number of nitrogens with zero attached hydrogens (tertiary/aromatic N) is 1. The van der Waals surface area contributed by atoms with Gasteiger partial charge in [-0.15, -0.1) is 0 Å². The van der Waals surface area contributed by atoms with Gasteiger partial charge in [0.1, 0.15) is 0 Å². The number of carboxylic acid groups (broad SMARTS) is 1. The summed E-state index contributed by atoms with van der Waals surface area (Å²) in [5.74, 6) is -1.45. The number of hydrogen-bond acceptors (Lipinski definition) is 4. The van der Waals surface area contributed by atoms with E-state index in [0.717, 1.165) is 11.1 Å². The van der Waals surface area contributed by atoms with E-state index in [2.05, 4.69) is 10.3 Å². The zero-order valence-corrected chi connectivity index (χ0v) is 14.2. The first-order chi connectivity index (χ1) is 10.1. The minimum absolute atomic E-state index is 0. The average Bonchev–Trinajstić information content (AvgIpc) is 2.52. The molecule has 0 aliphatic heterocycles. The van der Waals surface area contributed by atoms with Crippen LogP contribution in [-0.4, -0.2) is 16.9 Å². The molecule has 1 heterocycles. The van der Waals surface area contributed by atoms with Crippen LogP contribution < -0.4 is 40.0 Å². The molecular weight excluding hydrogens is 291 g/mol. The van der Waals surface area contributed by atoms with Gasteiger partial charge in [0.05, 0.1) is 5.97 Å². The molecule has 0 spiro atoms. The zero-order valence-electron chi connectivity index (χ0n) is 12.2. The Morgan fingerprint density at radius 2 is 1.91 bits per heavy atom. The molecule has 0 aliphatic carbocycles. The molecule has 0 saturated carbocycles. The van der Waals surface area contributed by atoms with Crippen LogP contribution in [0.25, 0.3) is 6.08 Å². The van der Waals surface area contributed by atoms with Gasteiger partial charge in [-0.25, -0.2) is 0 Å². The van der Waals surface area contributed by atoms with Crippen LogP contribution in [0.3, 0.4) is 0 Å². The number of aromatic carboxylic acids is 1. The van der Waals surface area contributed by atoms with Crippen LogP contribution in [0, 0.1) is 0 Å². The SMILES string of the molecule is O=C(/C=C/c1cccnc1)NCc1ccc(C(=O)[O-])cc1.[Na+]. The monoisotopic (exact) mass is 304 g/mol. The summed E-state index contributed by atoms with van der Waals surface area (Å²) < 4.78 is 0. The van der Waals surface area contributed by atoms with Crippen LogP contribution in [0.4, 0.5) is 0 Å². The second-order valence-corrected chi connectivity index (χ2v) is 4.32. The van der Waals surface area contributed by atoms with E-state index in [0.29, 0.717) is 6.54 Å². The van der Waals surface area contributed by atoms with Crippen molar-refractivity contribution in [1.29, 1.82) is 0 Å². The number of carboxylic acids is 1. The number of benzene rings is 1. The van der Waals surface area contributed by atoms with Crippen LogP contribution in [0.1, 0.15) is 21.5 Å². The zero-order chi connectivity index (χ0) is 15.1. The predicted octanol–water partition coefficient (Wildman–Crippen LogP) is -2.22. The Balaban J connectivity index is 0.00000242. The fourth-order valence-electron chi connectivity index (χ4n) is 1.65. The summed E-state index contributed by atoms with van der Waals surface area (Å²) in [6, 6.07) is 9.79. The number of rotatable bonds is 5. The molecule has 0 radical (unpaired) electrons. The summed E-state index contributed by atoms with van der Waals surface area (Å²) in [5.41, 5.74) is 1.76. The summed E-state index contributed by atoms with van der Waals surface area (Å²) in [4.78, 5) is 26.2. The third kappa shape index (κ3) is 5.81. The predicted molar refractivity (Wildman–Crippen MR) is 75.9 cm³/mol. The first kappa shape index (κ1) is 18.1. The van der Waals surface area contributed by atoms with Gasteiger partial charge >= 0.3 is 29.6 Å². The Morgan fingerprint density at radius 1 is 1.18 bits per heavy atom. The summed E-state index contributed by atoms with van der Waals surface area (Å²) in [6.07, 6.45) is 6.41. The Hall–Kier alpha value is -1.95. The molecule has 2 aromatic rings. The number of pyridine rings is 1. The van der Waals surface area contributed by atoms with E-state index in [-0.39, 0.29) is 41.0 Å². The summed E-state index contributed by atoms with van der Waals surface area (Å²) >= 11 is 0. The molecule has 1 N–H and O–H groups in total. The molecule has 1 aromatic carbocycles. The quantitative estimate of drug-likeness (QED) is 0.501. The first-order valence-corrected chi connectivity index (χ1v) is 6.31. The summed E-state index contributed by atoms with van der Waals surface area (Å²) in [7, 11) is 0. The number of carbonyl (C=O) groups excluding carboxylic acids is 2. The van der Waals surface area contributed by atoms with Gasteiger partial charge in [0.2, 0.25) is 5.91 Å². The van der Waals surface area contributed by atoms with Gasteiger partial charge in [0, 0.05) is 25.0 Å². The van der Waals surface area contributed by atoms with Gasteiger partial charge in [0.15, 0.2) is 0 Å². The van der Waals surface area contributed by atoms with Gasteiger partial charge in [-0.2, -0.15) is 0 Å². The molecule has 0 atom stereocenters. The summed E-state index contributed by atoms with van der Waals surface area (Å²) in [5, 5.41) is 13.3. The fourth-order valence-corrected chi connectivity index (χ4v) is 1.65. The number of hydrogen-bond donors (Lipinski definition) is 1. The van der Waals surface area contributed by atoms with E-state index < -0.39 is 5.97 Å². The van der Waals surface area contributed by atoms with Crippen LogP contribution in [-0.2, 0) is 11.3 Å². The second-order valence-electron chi connectivity index (χ2n) is 4.32. The van der Waals surface area contributed by atoms with E-state index in [1.165, 1.54) is 18.2 Å². The second kappa shape index (κ2) is 9.15. The maximum atomic E-state index is 11.6. The fraction of sp³-hybridized carbons (Fsp3) is 0.0625. The first-order valence-electron chi connectivity index (χ1n) is 6.31. The minimum atomic E-state index is -1.22. The molecule has 106 valence electrons. The van der Waals surface area contributed by atoms with Crippen molar-refractivity contribution in [3.63, 3.8) is 0 Å². The summed E-state index contributed by atoms with van der Waals surface area (Å²) in [6.45, 7) is 0.323. The van der Waals surface area contributed by atoms with Gasteiger partial charge in [-0.1, -0.05) is 30.3 Å². The molecule has 1 aromatic heterocycles. The molecule has 22 heavy (non-hydrogen) atoms. The Labute approximate surface area is 150 Å². The maximum absolute atomic E-state index is 11.6. The van der Waals surface area contributed by atoms with E-state index in [1.807, 2.05) is 6.07 Å². The molecule has 2 rings (SSSR count). The van der Waals surface area contributed by atoms with Crippen molar-refractivity contribution >= 4 is 18.0 Å². The minimum Gasteiger partial charge on any atom is -0.545 e. The largest absolute Gasteiger partial charge is 1.00 e. The van der Waals surface area contributed by atoms with Crippen molar-refractivity contribution in [2.75, 3.05) is 0 Å². The molecule has 6 heteroatoms. The molecule has 0 saturated heterocycles. The van der Waals surface area contributed by atoms with E-state index in [1.54, 1.807) is 36.7 Å². The van der Waals surface area contributed by atoms with Crippen molar-refractivity contribution < 1.29 is 44.3 Å². The molecular formula is C16H13N2NaO3. The van der Waals surface area contributed by atoms with Gasteiger partial charge in [-0.05, 0) is 28.8 Å². The van der Waals surface area contributed by atoms with Crippen molar-refractivity contribution in [2.24, 2.45) is 0 Å². The van der Waals surface area contributed by atoms with E-state index in [9.17, 15) is 14.7 Å². The molecule has 0 fully saturated rings. The van der Waals surface area contributed by atoms with Crippen molar-refractivity contribution in [3.8, 4) is 0 Å². The molecule has 1 amide bonds. The Kier molecular flexibility index (Phi) is 7.52. The Bertz CT molecular complexity index is 655. The third-order valence-electron chi connectivity index (χ3n) is 2.77. The normalized spacial score (nSPS) is 10.0. The topological polar surface area (TPSA) is 82.1 Å². The smallest absolute Gasteiger partial charge is 0.545 e. The van der Waals surface area contributed by atoms with Gasteiger partial charge in [-0.3, -0.25) is 9.78 Å². The molecule has 5 nitrogen and oxygen atoms in total. The van der Waals surface area contributed by atoms with Crippen molar-refractivity contribution in [1.82, 2.24) is 10.3 Å². The number of nitrogens with one attached hydrogen (secondary N) is 1. The van der Waals surface area contributed by atoms with E-state index in [4.69, 9.17) is 0 Å². The van der Waals surface area contributed by atoms with Gasteiger partial charge < -0.3 is 15.2 Å². The van der Waals surface area contributed by atoms with Crippen molar-refractivity contribution in [3.05, 3.63) is 71.6 Å². The van der Waals surface area contributed by atoms with Crippen LogP contribution in [0.2, 0.25) is 0 Å². The molecule has 0 unspecified atom stereocenters. The molecule has 0 aliphatic rings.